The summed E-state index contributed by atoms with van der Waals surface area (Å²) in [6.45, 7) is 7.40. The molecule has 0 aliphatic carbocycles. The van der Waals surface area contributed by atoms with Crippen LogP contribution in [0.1, 0.15) is 12.2 Å². The molecular weight excluding hydrogens is 462 g/mol. The number of amides is 1. The molecule has 0 aliphatic heterocycles. The standard InChI is InChI=1S/C25H25N7O2S/c1-3-14-31-23(34)18-9-4-6-11-20(18)32-24(31)28-29-25(32)35-16-22(33)26-13-8-15-30-17(2)27-19-10-5-7-12-21(19)30/h3-7,9-12H,1,8,13-16H2,2H3,(H,26,33). The zero-order valence-electron chi connectivity index (χ0n) is 19.3. The Morgan fingerprint density at radius 3 is 2.69 bits per heavy atom. The number of rotatable bonds is 9. The van der Waals surface area contributed by atoms with Gasteiger partial charge >= 0.3 is 0 Å². The number of thioether (sulfide) groups is 1. The quantitative estimate of drug-likeness (QED) is 0.195. The molecule has 0 atom stereocenters. The number of carbonyl (C=O) groups is 1. The van der Waals surface area contributed by atoms with Gasteiger partial charge in [0.2, 0.25) is 11.7 Å². The van der Waals surface area contributed by atoms with Gasteiger partial charge in [0.1, 0.15) is 5.82 Å². The molecular formula is C25H25N7O2S. The van der Waals surface area contributed by atoms with Crippen LogP contribution in [-0.4, -0.2) is 46.9 Å². The van der Waals surface area contributed by atoms with E-state index in [4.69, 9.17) is 0 Å². The summed E-state index contributed by atoms with van der Waals surface area (Å²) in [5, 5.41) is 12.6. The Morgan fingerprint density at radius 1 is 1.09 bits per heavy atom. The molecule has 3 aromatic heterocycles. The maximum Gasteiger partial charge on any atom is 0.263 e. The van der Waals surface area contributed by atoms with Gasteiger partial charge in [0.05, 0.1) is 27.7 Å². The van der Waals surface area contributed by atoms with Crippen LogP contribution in [0.3, 0.4) is 0 Å². The molecule has 0 spiro atoms. The number of aromatic nitrogens is 6. The van der Waals surface area contributed by atoms with Gasteiger partial charge in [-0.1, -0.05) is 42.1 Å². The summed E-state index contributed by atoms with van der Waals surface area (Å²) in [5.74, 6) is 1.51. The normalized spacial score (nSPS) is 11.5. The Morgan fingerprint density at radius 2 is 1.86 bits per heavy atom. The predicted octanol–water partition coefficient (Wildman–Crippen LogP) is 3.19. The van der Waals surface area contributed by atoms with Crippen molar-refractivity contribution in [1.29, 1.82) is 0 Å². The van der Waals surface area contributed by atoms with Crippen molar-refractivity contribution in [1.82, 2.24) is 34.0 Å². The number of allylic oxidation sites excluding steroid dienone is 1. The van der Waals surface area contributed by atoms with Gasteiger partial charge in [-0.25, -0.2) is 4.98 Å². The number of nitrogens with one attached hydrogen (secondary N) is 1. The molecule has 0 bridgehead atoms. The van der Waals surface area contributed by atoms with E-state index in [-0.39, 0.29) is 17.2 Å². The van der Waals surface area contributed by atoms with Crippen molar-refractivity contribution in [3.8, 4) is 0 Å². The van der Waals surface area contributed by atoms with E-state index in [9.17, 15) is 9.59 Å². The summed E-state index contributed by atoms with van der Waals surface area (Å²) in [6, 6.07) is 15.4. The van der Waals surface area contributed by atoms with Crippen LogP contribution in [0.25, 0.3) is 27.7 Å². The molecule has 10 heteroatoms. The number of hydrogen-bond acceptors (Lipinski definition) is 6. The van der Waals surface area contributed by atoms with E-state index >= 15 is 0 Å². The third-order valence-corrected chi connectivity index (χ3v) is 6.78. The number of para-hydroxylation sites is 3. The topological polar surface area (TPSA) is 99.1 Å². The lowest BCUT2D eigenvalue weighted by molar-refractivity contribution is -0.118. The van der Waals surface area contributed by atoms with Gasteiger partial charge < -0.3 is 9.88 Å². The summed E-state index contributed by atoms with van der Waals surface area (Å²) >= 11 is 1.29. The SMILES string of the molecule is C=CCn1c(=O)c2ccccc2n2c(SCC(=O)NCCCn3c(C)nc4ccccc43)nnc12. The van der Waals surface area contributed by atoms with E-state index in [0.29, 0.717) is 34.9 Å². The summed E-state index contributed by atoms with van der Waals surface area (Å²) in [5.41, 5.74) is 2.66. The Labute approximate surface area is 205 Å². The lowest BCUT2D eigenvalue weighted by atomic mass is 10.2. The van der Waals surface area contributed by atoms with Gasteiger partial charge in [-0.3, -0.25) is 18.6 Å². The van der Waals surface area contributed by atoms with Crippen LogP contribution in [-0.2, 0) is 17.9 Å². The molecule has 1 N–H and O–H groups in total. The molecule has 5 rings (SSSR count). The van der Waals surface area contributed by atoms with Crippen LogP contribution < -0.4 is 10.9 Å². The van der Waals surface area contributed by atoms with Gasteiger partial charge in [0, 0.05) is 19.6 Å². The molecule has 178 valence electrons. The summed E-state index contributed by atoms with van der Waals surface area (Å²) in [4.78, 5) is 30.0. The fourth-order valence-corrected chi connectivity index (χ4v) is 5.01. The van der Waals surface area contributed by atoms with Gasteiger partial charge in [-0.2, -0.15) is 0 Å². The van der Waals surface area contributed by atoms with Gasteiger partial charge in [0.15, 0.2) is 5.16 Å². The number of benzene rings is 2. The molecule has 1 amide bonds. The number of fused-ring (bicyclic) bond motifs is 4. The second-order valence-electron chi connectivity index (χ2n) is 8.13. The van der Waals surface area contributed by atoms with Crippen molar-refractivity contribution < 1.29 is 4.79 Å². The average molecular weight is 488 g/mol. The molecule has 3 heterocycles. The number of nitrogens with zero attached hydrogens (tertiary/aromatic N) is 6. The van der Waals surface area contributed by atoms with Gasteiger partial charge in [-0.15, -0.1) is 16.8 Å². The fourth-order valence-electron chi connectivity index (χ4n) is 4.25. The number of carbonyl (C=O) groups excluding carboxylic acids is 1. The highest BCUT2D eigenvalue weighted by Crippen LogP contribution is 2.21. The monoisotopic (exact) mass is 487 g/mol. The molecule has 35 heavy (non-hydrogen) atoms. The fraction of sp³-hybridized carbons (Fsp3) is 0.240. The molecule has 5 aromatic rings. The Hall–Kier alpha value is -3.92. The van der Waals surface area contributed by atoms with Crippen molar-refractivity contribution >= 4 is 45.4 Å². The highest BCUT2D eigenvalue weighted by atomic mass is 32.2. The summed E-state index contributed by atoms with van der Waals surface area (Å²) < 4.78 is 5.53. The number of hydrogen-bond donors (Lipinski definition) is 1. The van der Waals surface area contributed by atoms with Crippen molar-refractivity contribution in [2.24, 2.45) is 0 Å². The van der Waals surface area contributed by atoms with Crippen LogP contribution in [0.5, 0.6) is 0 Å². The van der Waals surface area contributed by atoms with E-state index in [1.165, 1.54) is 16.3 Å². The highest BCUT2D eigenvalue weighted by Gasteiger charge is 2.17. The third-order valence-electron chi connectivity index (χ3n) is 5.85. The Balaban J connectivity index is 1.25. The van der Waals surface area contributed by atoms with E-state index < -0.39 is 0 Å². The molecule has 0 saturated heterocycles. The van der Waals surface area contributed by atoms with E-state index in [1.54, 1.807) is 12.1 Å². The Bertz CT molecular complexity index is 1620. The summed E-state index contributed by atoms with van der Waals surface area (Å²) in [7, 11) is 0. The van der Waals surface area contributed by atoms with Crippen molar-refractivity contribution in [2.45, 2.75) is 31.6 Å². The number of aryl methyl sites for hydroxylation is 2. The maximum atomic E-state index is 12.9. The second kappa shape index (κ2) is 9.75. The van der Waals surface area contributed by atoms with Gasteiger partial charge in [0.25, 0.3) is 5.56 Å². The van der Waals surface area contributed by atoms with Crippen LogP contribution in [0, 0.1) is 6.92 Å². The molecule has 0 fully saturated rings. The smallest absolute Gasteiger partial charge is 0.263 e. The van der Waals surface area contributed by atoms with Gasteiger partial charge in [-0.05, 0) is 37.6 Å². The molecule has 9 nitrogen and oxygen atoms in total. The molecule has 0 saturated carbocycles. The predicted molar refractivity (Wildman–Crippen MR) is 138 cm³/mol. The summed E-state index contributed by atoms with van der Waals surface area (Å²) in [6.07, 6.45) is 2.45. The van der Waals surface area contributed by atoms with E-state index in [1.807, 2.05) is 47.7 Å². The molecule has 0 aliphatic rings. The maximum absolute atomic E-state index is 12.9. The van der Waals surface area contributed by atoms with Crippen LogP contribution in [0.15, 0.2) is 71.1 Å². The van der Waals surface area contributed by atoms with E-state index in [0.717, 1.165) is 29.8 Å². The van der Waals surface area contributed by atoms with Crippen LogP contribution in [0.2, 0.25) is 0 Å². The Kier molecular flexibility index (Phi) is 6.37. The van der Waals surface area contributed by atoms with Crippen LogP contribution in [0.4, 0.5) is 0 Å². The first-order chi connectivity index (χ1) is 17.1. The minimum atomic E-state index is -0.143. The lowest BCUT2D eigenvalue weighted by Gasteiger charge is -2.10. The highest BCUT2D eigenvalue weighted by molar-refractivity contribution is 7.99. The minimum Gasteiger partial charge on any atom is -0.355 e. The first-order valence-electron chi connectivity index (χ1n) is 11.4. The van der Waals surface area contributed by atoms with Crippen LogP contribution >= 0.6 is 11.8 Å². The first kappa shape index (κ1) is 22.9. The first-order valence-corrected chi connectivity index (χ1v) is 12.4. The molecule has 0 radical (unpaired) electrons. The van der Waals surface area contributed by atoms with Crippen molar-refractivity contribution in [2.75, 3.05) is 12.3 Å². The molecule has 0 unspecified atom stereocenters. The van der Waals surface area contributed by atoms with E-state index in [2.05, 4.69) is 37.7 Å². The largest absolute Gasteiger partial charge is 0.355 e. The average Bonchev–Trinajstić information content (AvgIpc) is 3.43. The third kappa shape index (κ3) is 4.32. The minimum absolute atomic E-state index is 0.0809. The zero-order valence-corrected chi connectivity index (χ0v) is 20.2. The van der Waals surface area contributed by atoms with Crippen molar-refractivity contribution in [3.05, 3.63) is 77.4 Å². The zero-order chi connectivity index (χ0) is 24.4. The lowest BCUT2D eigenvalue weighted by Crippen LogP contribution is -2.27. The van der Waals surface area contributed by atoms with Crippen molar-refractivity contribution in [3.63, 3.8) is 0 Å². The second-order valence-corrected chi connectivity index (χ2v) is 9.07. The molecule has 2 aromatic carbocycles. The number of imidazole rings is 1.